The minimum Gasteiger partial charge on any atom is -0.490 e. The summed E-state index contributed by atoms with van der Waals surface area (Å²) in [7, 11) is 0. The zero-order valence-electron chi connectivity index (χ0n) is 42.1. The minimum atomic E-state index is 0.0354. The van der Waals surface area contributed by atoms with Crippen LogP contribution in [0.15, 0.2) is 146 Å². The van der Waals surface area contributed by atoms with Crippen LogP contribution in [0, 0.1) is 12.8 Å². The third-order valence-corrected chi connectivity index (χ3v) is 15.0. The van der Waals surface area contributed by atoms with E-state index >= 15 is 0 Å². The van der Waals surface area contributed by atoms with Crippen molar-refractivity contribution < 1.29 is 18.9 Å². The smallest absolute Gasteiger partial charge is 0.135 e. The maximum Gasteiger partial charge on any atom is 0.135 e. The Balaban J connectivity index is 1.44. The lowest BCUT2D eigenvalue weighted by Gasteiger charge is -2.30. The van der Waals surface area contributed by atoms with E-state index in [9.17, 15) is 0 Å². The van der Waals surface area contributed by atoms with Gasteiger partial charge < -0.3 is 18.9 Å². The zero-order valence-corrected chi connectivity index (χ0v) is 42.1. The number of fused-ring (bicyclic) bond motifs is 2. The Hall–Kier alpha value is -6.52. The molecule has 0 N–H and O–H groups in total. The number of benzene rings is 9. The van der Waals surface area contributed by atoms with Crippen LogP contribution in [0.5, 0.6) is 34.5 Å². The zero-order chi connectivity index (χ0) is 48.0. The van der Waals surface area contributed by atoms with Gasteiger partial charge in [0, 0.05) is 32.3 Å². The van der Waals surface area contributed by atoms with Crippen molar-refractivity contribution in [3.05, 3.63) is 179 Å². The van der Waals surface area contributed by atoms with Crippen LogP contribution in [0.4, 0.5) is 0 Å². The van der Waals surface area contributed by atoms with Crippen molar-refractivity contribution in [2.24, 2.45) is 5.92 Å². The Morgan fingerprint density at radius 1 is 0.429 bits per heavy atom. The fourth-order valence-corrected chi connectivity index (χ4v) is 11.6. The molecular formula is C66H70O4. The first-order valence-corrected chi connectivity index (χ1v) is 26.6. The number of ether oxygens (including phenoxy) is 4. The van der Waals surface area contributed by atoms with Crippen molar-refractivity contribution >= 4 is 43.1 Å². The number of rotatable bonds is 20. The summed E-state index contributed by atoms with van der Waals surface area (Å²) in [5.74, 6) is 5.82. The summed E-state index contributed by atoms with van der Waals surface area (Å²) < 4.78 is 29.6. The Morgan fingerprint density at radius 3 is 1.31 bits per heavy atom. The standard InChI is InChI=1S/C66H70O4/c1-6-25-51(8-3)67-57-41-48(38-45-27-15-10-16-28-45)60-55(69-53-33-21-13-22-34-53)37-44(5)59-62-50(40-47-31-19-12-20-32-47)43-56(70-54-35-23-14-24-36-54)61-49(39-46-29-17-11-18-30-46)42-58(68-52(9-4)26-7-2)64(66(61)62)63(57)65(59)60/h10-11,13-18,21-24,27-30,33-37,41-43,47,51-52H,6-9,12,19-20,25-26,31-32,38-40H2,1-5H3. The molecule has 0 spiro atoms. The van der Waals surface area contributed by atoms with Gasteiger partial charge in [0.15, 0.2) is 0 Å². The molecule has 10 rings (SSSR count). The van der Waals surface area contributed by atoms with Gasteiger partial charge in [0.2, 0.25) is 0 Å². The molecule has 1 aliphatic rings. The van der Waals surface area contributed by atoms with Crippen LogP contribution in [0.2, 0.25) is 0 Å². The first-order valence-electron chi connectivity index (χ1n) is 26.6. The van der Waals surface area contributed by atoms with Crippen molar-refractivity contribution in [1.29, 1.82) is 0 Å². The Morgan fingerprint density at radius 2 is 0.857 bits per heavy atom. The van der Waals surface area contributed by atoms with Gasteiger partial charge in [-0.15, -0.1) is 0 Å². The van der Waals surface area contributed by atoms with E-state index in [1.165, 1.54) is 87.0 Å². The number of hydrogen-bond acceptors (Lipinski definition) is 4. The van der Waals surface area contributed by atoms with Crippen molar-refractivity contribution in [3.63, 3.8) is 0 Å². The van der Waals surface area contributed by atoms with Crippen LogP contribution in [-0.4, -0.2) is 12.2 Å². The highest BCUT2D eigenvalue weighted by molar-refractivity contribution is 6.38. The maximum atomic E-state index is 7.58. The average Bonchev–Trinajstić information content (AvgIpc) is 3.38. The molecule has 1 fully saturated rings. The molecule has 0 radical (unpaired) electrons. The Kier molecular flexibility index (Phi) is 14.6. The highest BCUT2D eigenvalue weighted by Crippen LogP contribution is 2.56. The van der Waals surface area contributed by atoms with Gasteiger partial charge in [-0.2, -0.15) is 0 Å². The van der Waals surface area contributed by atoms with E-state index in [0.29, 0.717) is 5.92 Å². The minimum absolute atomic E-state index is 0.0354. The molecule has 0 aromatic heterocycles. The Labute approximate surface area is 416 Å². The van der Waals surface area contributed by atoms with Crippen LogP contribution >= 0.6 is 0 Å². The number of hydrogen-bond donors (Lipinski definition) is 0. The summed E-state index contributed by atoms with van der Waals surface area (Å²) in [5, 5.41) is 9.47. The fraction of sp³-hybridized carbons (Fsp3) is 0.333. The molecule has 358 valence electrons. The van der Waals surface area contributed by atoms with Gasteiger partial charge in [0.05, 0.1) is 12.2 Å². The highest BCUT2D eigenvalue weighted by Gasteiger charge is 2.31. The predicted octanol–water partition coefficient (Wildman–Crippen LogP) is 18.8. The van der Waals surface area contributed by atoms with Crippen molar-refractivity contribution in [2.45, 2.75) is 137 Å². The first kappa shape index (κ1) is 47.2. The quantitative estimate of drug-likeness (QED) is 0.0564. The summed E-state index contributed by atoms with van der Waals surface area (Å²) in [6.45, 7) is 11.4. The lowest BCUT2D eigenvalue weighted by molar-refractivity contribution is 0.186. The Bertz CT molecular complexity index is 3110. The molecule has 70 heavy (non-hydrogen) atoms. The van der Waals surface area contributed by atoms with Gasteiger partial charge in [-0.1, -0.05) is 170 Å². The van der Waals surface area contributed by atoms with E-state index in [1.54, 1.807) is 0 Å². The average molecular weight is 927 g/mol. The highest BCUT2D eigenvalue weighted by atomic mass is 16.5. The maximum absolute atomic E-state index is 7.58. The van der Waals surface area contributed by atoms with E-state index < -0.39 is 0 Å². The molecule has 0 aliphatic heterocycles. The fourth-order valence-electron chi connectivity index (χ4n) is 11.6. The molecule has 4 heteroatoms. The summed E-state index contributed by atoms with van der Waals surface area (Å²) in [4.78, 5) is 0. The molecule has 4 nitrogen and oxygen atoms in total. The van der Waals surface area contributed by atoms with Crippen LogP contribution < -0.4 is 18.9 Å². The van der Waals surface area contributed by atoms with Crippen LogP contribution in [-0.2, 0) is 19.3 Å². The van der Waals surface area contributed by atoms with Gasteiger partial charge in [-0.05, 0) is 150 Å². The lowest BCUT2D eigenvalue weighted by Crippen LogP contribution is -2.17. The first-order chi connectivity index (χ1) is 34.4. The molecule has 1 saturated carbocycles. The summed E-state index contributed by atoms with van der Waals surface area (Å²) >= 11 is 0. The van der Waals surface area contributed by atoms with E-state index in [4.69, 9.17) is 18.9 Å². The van der Waals surface area contributed by atoms with Gasteiger partial charge in [-0.3, -0.25) is 0 Å². The van der Waals surface area contributed by atoms with Gasteiger partial charge >= 0.3 is 0 Å². The van der Waals surface area contributed by atoms with Gasteiger partial charge in [0.1, 0.15) is 34.5 Å². The summed E-state index contributed by atoms with van der Waals surface area (Å²) in [5.41, 5.74) is 7.41. The molecule has 1 aliphatic carbocycles. The van der Waals surface area contributed by atoms with Crippen LogP contribution in [0.1, 0.15) is 132 Å². The molecule has 2 atom stereocenters. The third kappa shape index (κ3) is 9.80. The van der Waals surface area contributed by atoms with Crippen molar-refractivity contribution in [2.75, 3.05) is 0 Å². The monoisotopic (exact) mass is 927 g/mol. The lowest BCUT2D eigenvalue weighted by atomic mass is 9.78. The van der Waals surface area contributed by atoms with Crippen molar-refractivity contribution in [3.8, 4) is 34.5 Å². The predicted molar refractivity (Wildman–Crippen MR) is 293 cm³/mol. The SMILES string of the molecule is CCCC(CC)Oc1cc(Cc2ccccc2)c2c(Oc3ccccc3)cc(C)c3c4c(CC5CCCCC5)cc(Oc5ccccc5)c5c(Cc6ccccc6)cc(OC(CC)CCC)c(c1c23)c54. The van der Waals surface area contributed by atoms with E-state index in [0.717, 1.165) is 114 Å². The number of para-hydroxylation sites is 2. The van der Waals surface area contributed by atoms with E-state index in [1.807, 2.05) is 0 Å². The van der Waals surface area contributed by atoms with Crippen molar-refractivity contribution in [1.82, 2.24) is 0 Å². The molecule has 0 amide bonds. The summed E-state index contributed by atoms with van der Waals surface area (Å²) in [6, 6.07) is 52.0. The summed E-state index contributed by atoms with van der Waals surface area (Å²) in [6.07, 6.45) is 14.6. The molecule has 0 heterocycles. The molecule has 9 aromatic rings. The number of aryl methyl sites for hydroxylation is 1. The topological polar surface area (TPSA) is 36.9 Å². The molecule has 2 unspecified atom stereocenters. The molecule has 9 aromatic carbocycles. The largest absolute Gasteiger partial charge is 0.490 e. The second-order valence-corrected chi connectivity index (χ2v) is 20.0. The molecule has 0 saturated heterocycles. The van der Waals surface area contributed by atoms with Gasteiger partial charge in [0.25, 0.3) is 0 Å². The third-order valence-electron chi connectivity index (χ3n) is 15.0. The molecule has 0 bridgehead atoms. The van der Waals surface area contributed by atoms with Gasteiger partial charge in [-0.25, -0.2) is 0 Å². The molecular weight excluding hydrogens is 857 g/mol. The van der Waals surface area contributed by atoms with E-state index in [2.05, 4.69) is 180 Å². The van der Waals surface area contributed by atoms with Crippen LogP contribution in [0.3, 0.4) is 0 Å². The van der Waals surface area contributed by atoms with E-state index in [-0.39, 0.29) is 12.2 Å². The van der Waals surface area contributed by atoms with Crippen LogP contribution in [0.25, 0.3) is 43.1 Å². The second-order valence-electron chi connectivity index (χ2n) is 20.0. The normalized spacial score (nSPS) is 14.1. The second kappa shape index (κ2) is 21.6.